The highest BCUT2D eigenvalue weighted by molar-refractivity contribution is 5.51. The van der Waals surface area contributed by atoms with Crippen LogP contribution in [0.4, 0.5) is 11.4 Å². The van der Waals surface area contributed by atoms with Crippen LogP contribution in [-0.4, -0.2) is 62.6 Å². The van der Waals surface area contributed by atoms with Gasteiger partial charge in [0.2, 0.25) is 0 Å². The zero-order chi connectivity index (χ0) is 15.6. The second-order valence-corrected chi connectivity index (χ2v) is 4.70. The molecular formula is C12H16N2O7. The van der Waals surface area contributed by atoms with Gasteiger partial charge in [-0.25, -0.2) is 0 Å². The molecule has 1 aliphatic rings. The monoisotopic (exact) mass is 300 g/mol. The lowest BCUT2D eigenvalue weighted by atomic mass is 9.98. The first-order valence-corrected chi connectivity index (χ1v) is 6.25. The number of nitro benzene ring substituents is 1. The van der Waals surface area contributed by atoms with E-state index in [1.165, 1.54) is 24.3 Å². The van der Waals surface area contributed by atoms with Crippen LogP contribution in [0.5, 0.6) is 0 Å². The number of anilines is 1. The molecule has 5 atom stereocenters. The third kappa shape index (κ3) is 3.28. The summed E-state index contributed by atoms with van der Waals surface area (Å²) in [6, 6.07) is 5.51. The van der Waals surface area contributed by atoms with Crippen molar-refractivity contribution in [3.8, 4) is 0 Å². The van der Waals surface area contributed by atoms with E-state index in [-0.39, 0.29) is 5.69 Å². The largest absolute Gasteiger partial charge is 0.394 e. The summed E-state index contributed by atoms with van der Waals surface area (Å²) in [5.74, 6) is 0. The molecule has 5 N–H and O–H groups in total. The Morgan fingerprint density at radius 1 is 1.24 bits per heavy atom. The van der Waals surface area contributed by atoms with Crippen molar-refractivity contribution in [3.05, 3.63) is 34.4 Å². The number of rotatable bonds is 4. The Kier molecular flexibility index (Phi) is 4.70. The van der Waals surface area contributed by atoms with Crippen molar-refractivity contribution >= 4 is 11.4 Å². The predicted molar refractivity (Wildman–Crippen MR) is 70.5 cm³/mol. The highest BCUT2D eigenvalue weighted by atomic mass is 16.6. The molecule has 0 bridgehead atoms. The lowest BCUT2D eigenvalue weighted by molar-refractivity contribution is -0.384. The number of aliphatic hydroxyl groups excluding tert-OH is 4. The van der Waals surface area contributed by atoms with E-state index >= 15 is 0 Å². The topological polar surface area (TPSA) is 145 Å². The van der Waals surface area contributed by atoms with Crippen molar-refractivity contribution in [1.82, 2.24) is 0 Å². The third-order valence-electron chi connectivity index (χ3n) is 3.26. The molecule has 2 rings (SSSR count). The molecular weight excluding hydrogens is 284 g/mol. The number of nitrogens with one attached hydrogen (secondary N) is 1. The number of hydrogen-bond donors (Lipinski definition) is 5. The molecule has 0 spiro atoms. The van der Waals surface area contributed by atoms with Crippen LogP contribution in [-0.2, 0) is 4.74 Å². The van der Waals surface area contributed by atoms with Gasteiger partial charge in [-0.2, -0.15) is 0 Å². The summed E-state index contributed by atoms with van der Waals surface area (Å²) in [5.41, 5.74) is 0.151. The van der Waals surface area contributed by atoms with Crippen molar-refractivity contribution in [2.45, 2.75) is 30.6 Å². The minimum atomic E-state index is -1.51. The Hall–Kier alpha value is -1.78. The van der Waals surface area contributed by atoms with E-state index in [1.54, 1.807) is 0 Å². The zero-order valence-electron chi connectivity index (χ0n) is 10.9. The molecule has 116 valence electrons. The standard InChI is InChI=1S/C12H16N2O7/c15-5-8-9(16)10(17)11(18)12(21-8)13-6-2-1-3-7(4-6)14(19)20/h1-4,8-13,15-18H,5H2/t8?,9-,10+,11?,12+/m0/s1. The molecule has 2 unspecified atom stereocenters. The average Bonchev–Trinajstić information content (AvgIpc) is 2.48. The van der Waals surface area contributed by atoms with E-state index < -0.39 is 42.2 Å². The molecule has 1 saturated heterocycles. The maximum absolute atomic E-state index is 10.7. The van der Waals surface area contributed by atoms with Gasteiger partial charge in [0, 0.05) is 17.8 Å². The summed E-state index contributed by atoms with van der Waals surface area (Å²) in [7, 11) is 0. The van der Waals surface area contributed by atoms with Crippen LogP contribution in [0.2, 0.25) is 0 Å². The Morgan fingerprint density at radius 3 is 2.57 bits per heavy atom. The molecule has 9 nitrogen and oxygen atoms in total. The normalized spacial score (nSPS) is 32.7. The van der Waals surface area contributed by atoms with Crippen molar-refractivity contribution in [1.29, 1.82) is 0 Å². The number of benzene rings is 1. The molecule has 0 aliphatic carbocycles. The Balaban J connectivity index is 2.14. The first-order valence-electron chi connectivity index (χ1n) is 6.25. The van der Waals surface area contributed by atoms with Crippen LogP contribution in [0.25, 0.3) is 0 Å². The molecule has 9 heteroatoms. The van der Waals surface area contributed by atoms with Crippen LogP contribution in [0.1, 0.15) is 0 Å². The van der Waals surface area contributed by atoms with Crippen LogP contribution < -0.4 is 5.32 Å². The van der Waals surface area contributed by atoms with E-state index in [2.05, 4.69) is 5.32 Å². The number of ether oxygens (including phenoxy) is 1. The van der Waals surface area contributed by atoms with E-state index in [4.69, 9.17) is 9.84 Å². The van der Waals surface area contributed by atoms with Crippen molar-refractivity contribution in [2.24, 2.45) is 0 Å². The SMILES string of the molecule is O=[N+]([O-])c1cccc(N[C@@H]2OC(CO)[C@H](O)[C@@H](O)C2O)c1. The molecule has 1 aromatic carbocycles. The van der Waals surface area contributed by atoms with Crippen molar-refractivity contribution < 1.29 is 30.1 Å². The van der Waals surface area contributed by atoms with Gasteiger partial charge in [-0.15, -0.1) is 0 Å². The Morgan fingerprint density at radius 2 is 1.95 bits per heavy atom. The molecule has 1 aromatic rings. The fourth-order valence-electron chi connectivity index (χ4n) is 2.09. The lowest BCUT2D eigenvalue weighted by Gasteiger charge is -2.40. The van der Waals surface area contributed by atoms with Crippen LogP contribution in [0, 0.1) is 10.1 Å². The van der Waals surface area contributed by atoms with Gasteiger partial charge in [-0.1, -0.05) is 6.07 Å². The number of non-ortho nitro benzene ring substituents is 1. The zero-order valence-corrected chi connectivity index (χ0v) is 10.9. The lowest BCUT2D eigenvalue weighted by Crippen LogP contribution is -2.60. The Bertz CT molecular complexity index is 510. The van der Waals surface area contributed by atoms with Crippen molar-refractivity contribution in [2.75, 3.05) is 11.9 Å². The quantitative estimate of drug-likeness (QED) is 0.344. The predicted octanol–water partition coefficient (Wildman–Crippen LogP) is -1.19. The number of hydrogen-bond acceptors (Lipinski definition) is 8. The maximum Gasteiger partial charge on any atom is 0.271 e. The summed E-state index contributed by atoms with van der Waals surface area (Å²) in [4.78, 5) is 10.1. The van der Waals surface area contributed by atoms with Crippen LogP contribution >= 0.6 is 0 Å². The molecule has 0 amide bonds. The van der Waals surface area contributed by atoms with Gasteiger partial charge in [0.25, 0.3) is 5.69 Å². The maximum atomic E-state index is 10.7. The highest BCUT2D eigenvalue weighted by Gasteiger charge is 2.43. The minimum Gasteiger partial charge on any atom is -0.394 e. The van der Waals surface area contributed by atoms with Gasteiger partial charge >= 0.3 is 0 Å². The molecule has 1 fully saturated rings. The number of nitro groups is 1. The molecule has 0 radical (unpaired) electrons. The second kappa shape index (κ2) is 6.33. The number of nitrogens with zero attached hydrogens (tertiary/aromatic N) is 1. The van der Waals surface area contributed by atoms with E-state index in [9.17, 15) is 25.4 Å². The highest BCUT2D eigenvalue weighted by Crippen LogP contribution is 2.24. The third-order valence-corrected chi connectivity index (χ3v) is 3.26. The molecule has 1 heterocycles. The van der Waals surface area contributed by atoms with Gasteiger partial charge < -0.3 is 30.5 Å². The van der Waals surface area contributed by atoms with Gasteiger partial charge in [-0.05, 0) is 6.07 Å². The number of aliphatic hydroxyl groups is 4. The Labute approximate surface area is 119 Å². The fourth-order valence-corrected chi connectivity index (χ4v) is 2.09. The van der Waals surface area contributed by atoms with E-state index in [0.29, 0.717) is 5.69 Å². The van der Waals surface area contributed by atoms with E-state index in [1.807, 2.05) is 0 Å². The molecule has 0 aromatic heterocycles. The fraction of sp³-hybridized carbons (Fsp3) is 0.500. The van der Waals surface area contributed by atoms with Crippen molar-refractivity contribution in [3.63, 3.8) is 0 Å². The average molecular weight is 300 g/mol. The van der Waals surface area contributed by atoms with Gasteiger partial charge in [0.1, 0.15) is 24.4 Å². The summed E-state index contributed by atoms with van der Waals surface area (Å²) < 4.78 is 5.24. The first-order chi connectivity index (χ1) is 9.93. The second-order valence-electron chi connectivity index (χ2n) is 4.70. The summed E-state index contributed by atoms with van der Waals surface area (Å²) in [6.07, 6.45) is -6.58. The smallest absolute Gasteiger partial charge is 0.271 e. The summed E-state index contributed by atoms with van der Waals surface area (Å²) in [5, 5.41) is 51.6. The van der Waals surface area contributed by atoms with Gasteiger partial charge in [-0.3, -0.25) is 10.1 Å². The first kappa shape index (κ1) is 15.6. The molecule has 0 saturated carbocycles. The minimum absolute atomic E-state index is 0.149. The van der Waals surface area contributed by atoms with Crippen LogP contribution in [0.3, 0.4) is 0 Å². The molecule has 1 aliphatic heterocycles. The van der Waals surface area contributed by atoms with Gasteiger partial charge in [0.15, 0.2) is 6.23 Å². The van der Waals surface area contributed by atoms with Crippen LogP contribution in [0.15, 0.2) is 24.3 Å². The van der Waals surface area contributed by atoms with E-state index in [0.717, 1.165) is 0 Å². The summed E-state index contributed by atoms with van der Waals surface area (Å²) >= 11 is 0. The molecule has 21 heavy (non-hydrogen) atoms. The van der Waals surface area contributed by atoms with Gasteiger partial charge in [0.05, 0.1) is 11.5 Å². The summed E-state index contributed by atoms with van der Waals surface area (Å²) in [6.45, 7) is -0.544.